The number of nitrogens with zero attached hydrogens (tertiary/aromatic N) is 2. The second-order valence-corrected chi connectivity index (χ2v) is 5.28. The molecule has 0 saturated heterocycles. The number of aryl methyl sites for hydroxylation is 1. The lowest BCUT2D eigenvalue weighted by Gasteiger charge is -2.22. The van der Waals surface area contributed by atoms with Crippen LogP contribution in [0.1, 0.15) is 43.1 Å². The summed E-state index contributed by atoms with van der Waals surface area (Å²) in [4.78, 5) is 4.53. The van der Waals surface area contributed by atoms with Crippen molar-refractivity contribution >= 4 is 0 Å². The zero-order valence-electron chi connectivity index (χ0n) is 11.0. The van der Waals surface area contributed by atoms with Crippen molar-refractivity contribution in [2.24, 2.45) is 0 Å². The lowest BCUT2D eigenvalue weighted by atomic mass is 9.87. The Hall–Kier alpha value is -1.68. The summed E-state index contributed by atoms with van der Waals surface area (Å²) in [5.74, 6) is 1.68. The van der Waals surface area contributed by atoms with E-state index in [2.05, 4.69) is 10.1 Å². The fourth-order valence-corrected chi connectivity index (χ4v) is 2.66. The molecule has 1 saturated carbocycles. The third-order valence-electron chi connectivity index (χ3n) is 3.87. The molecule has 1 aliphatic carbocycles. The summed E-state index contributed by atoms with van der Waals surface area (Å²) in [6.07, 6.45) is 3.35. The standard InChI is InChI=1S/C15H18N2O2/c1-10-4-2-3-5-13(10)14-16-15(19-17-14)11-6-8-12(18)9-7-11/h2-5,11-12,18H,6-9H2,1H3. The number of rotatable bonds is 2. The highest BCUT2D eigenvalue weighted by molar-refractivity contribution is 5.58. The molecule has 0 bridgehead atoms. The predicted octanol–water partition coefficient (Wildman–Crippen LogP) is 3.06. The van der Waals surface area contributed by atoms with E-state index < -0.39 is 0 Å². The monoisotopic (exact) mass is 258 g/mol. The maximum absolute atomic E-state index is 9.53. The molecule has 0 aliphatic heterocycles. The van der Waals surface area contributed by atoms with Crippen LogP contribution in [0.5, 0.6) is 0 Å². The van der Waals surface area contributed by atoms with Gasteiger partial charge in [-0.15, -0.1) is 0 Å². The molecule has 1 aromatic heterocycles. The smallest absolute Gasteiger partial charge is 0.230 e. The van der Waals surface area contributed by atoms with Gasteiger partial charge in [-0.25, -0.2) is 0 Å². The molecular formula is C15H18N2O2. The summed E-state index contributed by atoms with van der Waals surface area (Å²) in [5.41, 5.74) is 2.17. The van der Waals surface area contributed by atoms with E-state index in [0.29, 0.717) is 17.6 Å². The molecule has 1 aromatic carbocycles. The number of benzene rings is 1. The molecule has 0 spiro atoms. The van der Waals surface area contributed by atoms with Crippen LogP contribution in [0.15, 0.2) is 28.8 Å². The Kier molecular flexibility index (Phi) is 3.34. The van der Waals surface area contributed by atoms with Gasteiger partial charge in [0.05, 0.1) is 6.10 Å². The SMILES string of the molecule is Cc1ccccc1-c1noc(C2CCC(O)CC2)n1. The zero-order valence-corrected chi connectivity index (χ0v) is 11.0. The second kappa shape index (κ2) is 5.13. The highest BCUT2D eigenvalue weighted by Crippen LogP contribution is 2.33. The van der Waals surface area contributed by atoms with E-state index in [1.54, 1.807) is 0 Å². The fourth-order valence-electron chi connectivity index (χ4n) is 2.66. The maximum Gasteiger partial charge on any atom is 0.230 e. The van der Waals surface area contributed by atoms with Crippen molar-refractivity contribution in [3.63, 3.8) is 0 Å². The van der Waals surface area contributed by atoms with Gasteiger partial charge < -0.3 is 9.63 Å². The first-order valence-corrected chi connectivity index (χ1v) is 6.81. The summed E-state index contributed by atoms with van der Waals surface area (Å²) >= 11 is 0. The molecule has 1 N–H and O–H groups in total. The van der Waals surface area contributed by atoms with Crippen LogP contribution in [0.3, 0.4) is 0 Å². The lowest BCUT2D eigenvalue weighted by Crippen LogP contribution is -2.17. The molecule has 0 atom stereocenters. The van der Waals surface area contributed by atoms with E-state index in [4.69, 9.17) is 4.52 Å². The van der Waals surface area contributed by atoms with Crippen molar-refractivity contribution in [3.05, 3.63) is 35.7 Å². The molecule has 1 fully saturated rings. The fraction of sp³-hybridized carbons (Fsp3) is 0.467. The van der Waals surface area contributed by atoms with Gasteiger partial charge in [0.25, 0.3) is 0 Å². The van der Waals surface area contributed by atoms with Crippen molar-refractivity contribution < 1.29 is 9.63 Å². The second-order valence-electron chi connectivity index (χ2n) is 5.28. The molecule has 1 heterocycles. The lowest BCUT2D eigenvalue weighted by molar-refractivity contribution is 0.116. The van der Waals surface area contributed by atoms with Gasteiger partial charge in [0.2, 0.25) is 11.7 Å². The first kappa shape index (κ1) is 12.4. The van der Waals surface area contributed by atoms with E-state index in [9.17, 15) is 5.11 Å². The van der Waals surface area contributed by atoms with Gasteiger partial charge in [-0.1, -0.05) is 29.4 Å². The molecule has 1 aliphatic rings. The minimum Gasteiger partial charge on any atom is -0.393 e. The molecule has 4 heteroatoms. The number of aliphatic hydroxyl groups is 1. The summed E-state index contributed by atoms with van der Waals surface area (Å²) in [7, 11) is 0. The van der Waals surface area contributed by atoms with Gasteiger partial charge in [-0.2, -0.15) is 4.98 Å². The van der Waals surface area contributed by atoms with Gasteiger partial charge in [0, 0.05) is 11.5 Å². The molecule has 19 heavy (non-hydrogen) atoms. The number of hydrogen-bond acceptors (Lipinski definition) is 4. The molecule has 3 rings (SSSR count). The number of aromatic nitrogens is 2. The molecular weight excluding hydrogens is 240 g/mol. The normalized spacial score (nSPS) is 23.5. The van der Waals surface area contributed by atoms with Crippen molar-refractivity contribution in [2.45, 2.75) is 44.6 Å². The maximum atomic E-state index is 9.53. The van der Waals surface area contributed by atoms with Gasteiger partial charge in [-0.05, 0) is 38.2 Å². The third-order valence-corrected chi connectivity index (χ3v) is 3.87. The van der Waals surface area contributed by atoms with E-state index in [-0.39, 0.29) is 6.10 Å². The van der Waals surface area contributed by atoms with Crippen LogP contribution in [0.4, 0.5) is 0 Å². The number of aliphatic hydroxyl groups excluding tert-OH is 1. The van der Waals surface area contributed by atoms with Gasteiger partial charge >= 0.3 is 0 Å². The minimum atomic E-state index is -0.157. The highest BCUT2D eigenvalue weighted by atomic mass is 16.5. The van der Waals surface area contributed by atoms with Crippen molar-refractivity contribution in [3.8, 4) is 11.4 Å². The van der Waals surface area contributed by atoms with Crippen molar-refractivity contribution in [2.75, 3.05) is 0 Å². The average molecular weight is 258 g/mol. The van der Waals surface area contributed by atoms with Crippen LogP contribution >= 0.6 is 0 Å². The Morgan fingerprint density at radius 3 is 2.63 bits per heavy atom. The van der Waals surface area contributed by atoms with Crippen molar-refractivity contribution in [1.29, 1.82) is 0 Å². The summed E-state index contributed by atoms with van der Waals surface area (Å²) < 4.78 is 5.41. The Morgan fingerprint density at radius 2 is 1.89 bits per heavy atom. The predicted molar refractivity (Wildman–Crippen MR) is 71.7 cm³/mol. The Bertz CT molecular complexity index is 557. The topological polar surface area (TPSA) is 59.2 Å². The Labute approximate surface area is 112 Å². The van der Waals surface area contributed by atoms with Crippen molar-refractivity contribution in [1.82, 2.24) is 10.1 Å². The van der Waals surface area contributed by atoms with E-state index in [0.717, 1.165) is 36.8 Å². The Balaban J connectivity index is 1.82. The quantitative estimate of drug-likeness (QED) is 0.899. The molecule has 0 amide bonds. The van der Waals surface area contributed by atoms with Crippen LogP contribution in [0.2, 0.25) is 0 Å². The van der Waals surface area contributed by atoms with Crippen LogP contribution < -0.4 is 0 Å². The summed E-state index contributed by atoms with van der Waals surface area (Å²) in [6, 6.07) is 8.04. The van der Waals surface area contributed by atoms with E-state index >= 15 is 0 Å². The molecule has 2 aromatic rings. The van der Waals surface area contributed by atoms with Crippen LogP contribution in [-0.4, -0.2) is 21.4 Å². The van der Waals surface area contributed by atoms with Crippen LogP contribution in [-0.2, 0) is 0 Å². The van der Waals surface area contributed by atoms with E-state index in [1.807, 2.05) is 31.2 Å². The summed E-state index contributed by atoms with van der Waals surface area (Å²) in [5, 5.41) is 13.6. The van der Waals surface area contributed by atoms with Crippen LogP contribution in [0, 0.1) is 6.92 Å². The number of hydrogen-bond donors (Lipinski definition) is 1. The first-order valence-electron chi connectivity index (χ1n) is 6.81. The molecule has 0 radical (unpaired) electrons. The largest absolute Gasteiger partial charge is 0.393 e. The van der Waals surface area contributed by atoms with Gasteiger partial charge in [-0.3, -0.25) is 0 Å². The Morgan fingerprint density at radius 1 is 1.16 bits per heavy atom. The molecule has 100 valence electrons. The third kappa shape index (κ3) is 2.54. The minimum absolute atomic E-state index is 0.157. The van der Waals surface area contributed by atoms with E-state index in [1.165, 1.54) is 0 Å². The molecule has 0 unspecified atom stereocenters. The van der Waals surface area contributed by atoms with Gasteiger partial charge in [0.1, 0.15) is 0 Å². The highest BCUT2D eigenvalue weighted by Gasteiger charge is 2.25. The molecule has 4 nitrogen and oxygen atoms in total. The van der Waals surface area contributed by atoms with Crippen LogP contribution in [0.25, 0.3) is 11.4 Å². The average Bonchev–Trinajstić information content (AvgIpc) is 2.89. The first-order chi connectivity index (χ1) is 9.24. The van der Waals surface area contributed by atoms with Gasteiger partial charge in [0.15, 0.2) is 0 Å². The zero-order chi connectivity index (χ0) is 13.2. The summed E-state index contributed by atoms with van der Waals surface area (Å²) in [6.45, 7) is 2.04.